The molecule has 6 heteroatoms. The van der Waals surface area contributed by atoms with E-state index in [9.17, 15) is 9.59 Å². The fraction of sp³-hybridized carbons (Fsp3) is 0.500. The first-order chi connectivity index (χ1) is 13.9. The average Bonchev–Trinajstić information content (AvgIpc) is 2.57. The van der Waals surface area contributed by atoms with Gasteiger partial charge >= 0.3 is 0 Å². The minimum Gasteiger partial charge on any atom is -0.465 e. The zero-order valence-corrected chi connectivity index (χ0v) is 21.2. The van der Waals surface area contributed by atoms with Crippen LogP contribution in [-0.2, 0) is 14.3 Å². The van der Waals surface area contributed by atoms with Gasteiger partial charge in [-0.3, -0.25) is 9.59 Å². The molecule has 1 aromatic rings. The normalized spacial score (nSPS) is 23.2. The first-order valence-electron chi connectivity index (χ1n) is 10.3. The van der Waals surface area contributed by atoms with Gasteiger partial charge in [0.25, 0.3) is 0 Å². The Bertz CT molecular complexity index is 958. The predicted molar refractivity (Wildman–Crippen MR) is 125 cm³/mol. The molecule has 0 bridgehead atoms. The standard InChI is InChI=1S/C24H27Br2NO3/c1-23(2)8-15(28)20-17(10-23)30-18-11-24(3,4)9-16(29)21(18)19(20)12-6-13(25)22(27-5)14(26)7-12/h6-7,19,27H,8-11H2,1-5H3. The van der Waals surface area contributed by atoms with E-state index < -0.39 is 0 Å². The largest absolute Gasteiger partial charge is 0.465 e. The van der Waals surface area contributed by atoms with E-state index in [0.29, 0.717) is 36.8 Å². The van der Waals surface area contributed by atoms with Crippen molar-refractivity contribution in [3.63, 3.8) is 0 Å². The zero-order valence-electron chi connectivity index (χ0n) is 18.0. The Morgan fingerprint density at radius 1 is 0.867 bits per heavy atom. The number of hydrogen-bond donors (Lipinski definition) is 1. The van der Waals surface area contributed by atoms with Crippen LogP contribution >= 0.6 is 31.9 Å². The van der Waals surface area contributed by atoms with Crippen molar-refractivity contribution in [3.05, 3.63) is 49.3 Å². The molecule has 1 heterocycles. The summed E-state index contributed by atoms with van der Waals surface area (Å²) in [6.45, 7) is 8.40. The van der Waals surface area contributed by atoms with Gasteiger partial charge < -0.3 is 10.1 Å². The van der Waals surface area contributed by atoms with Crippen molar-refractivity contribution in [3.8, 4) is 0 Å². The second-order valence-electron chi connectivity index (χ2n) is 10.2. The third-order valence-corrected chi connectivity index (χ3v) is 7.48. The quantitative estimate of drug-likeness (QED) is 0.459. The van der Waals surface area contributed by atoms with Gasteiger partial charge in [0.15, 0.2) is 11.6 Å². The van der Waals surface area contributed by atoms with Gasteiger partial charge in [0, 0.05) is 58.7 Å². The van der Waals surface area contributed by atoms with Crippen LogP contribution in [0.1, 0.15) is 64.9 Å². The lowest BCUT2D eigenvalue weighted by Gasteiger charge is -2.42. The van der Waals surface area contributed by atoms with Crippen LogP contribution in [-0.4, -0.2) is 18.6 Å². The number of benzene rings is 1. The summed E-state index contributed by atoms with van der Waals surface area (Å²) in [6, 6.07) is 4.03. The summed E-state index contributed by atoms with van der Waals surface area (Å²) < 4.78 is 8.12. The van der Waals surface area contributed by atoms with Gasteiger partial charge in [0.1, 0.15) is 11.5 Å². The van der Waals surface area contributed by atoms with Crippen LogP contribution in [0.3, 0.4) is 0 Å². The van der Waals surface area contributed by atoms with Gasteiger partial charge in [-0.25, -0.2) is 0 Å². The Kier molecular flexibility index (Phi) is 5.33. The number of carbonyl (C=O) groups excluding carboxylic acids is 2. The summed E-state index contributed by atoms with van der Waals surface area (Å²) in [6.07, 6.45) is 2.33. The summed E-state index contributed by atoms with van der Waals surface area (Å²) in [7, 11) is 1.86. The Labute approximate surface area is 194 Å². The smallest absolute Gasteiger partial charge is 0.163 e. The SMILES string of the molecule is CNc1c(Br)cc(C2C3=C(CC(C)(C)CC3=O)OC3=C2C(=O)CC(C)(C)C3)cc1Br. The first-order valence-corrected chi connectivity index (χ1v) is 11.9. The highest BCUT2D eigenvalue weighted by Gasteiger charge is 2.47. The second-order valence-corrected chi connectivity index (χ2v) is 11.9. The maximum atomic E-state index is 13.3. The number of halogens is 2. The molecular weight excluding hydrogens is 510 g/mol. The summed E-state index contributed by atoms with van der Waals surface area (Å²) in [4.78, 5) is 26.6. The fourth-order valence-electron chi connectivity index (χ4n) is 5.01. The van der Waals surface area contributed by atoms with Crippen molar-refractivity contribution in [2.45, 2.75) is 59.3 Å². The third-order valence-electron chi connectivity index (χ3n) is 6.23. The Hall–Kier alpha value is -1.40. The van der Waals surface area contributed by atoms with E-state index in [1.807, 2.05) is 19.2 Å². The van der Waals surface area contributed by atoms with E-state index in [2.05, 4.69) is 64.9 Å². The summed E-state index contributed by atoms with van der Waals surface area (Å²) in [5, 5.41) is 3.17. The molecule has 0 aromatic heterocycles. The molecule has 160 valence electrons. The van der Waals surface area contributed by atoms with Crippen LogP contribution in [0, 0.1) is 10.8 Å². The van der Waals surface area contributed by atoms with Gasteiger partial charge in [0.2, 0.25) is 0 Å². The molecule has 3 aliphatic rings. The van der Waals surface area contributed by atoms with E-state index in [1.165, 1.54) is 0 Å². The van der Waals surface area contributed by atoms with E-state index in [0.717, 1.165) is 31.7 Å². The van der Waals surface area contributed by atoms with E-state index in [4.69, 9.17) is 4.74 Å². The van der Waals surface area contributed by atoms with Gasteiger partial charge in [-0.2, -0.15) is 0 Å². The Balaban J connectivity index is 1.94. The average molecular weight is 537 g/mol. The molecule has 0 saturated carbocycles. The van der Waals surface area contributed by atoms with Crippen LogP contribution in [0.5, 0.6) is 0 Å². The number of Topliss-reactive ketones (excluding diaryl/α,β-unsaturated/α-hetero) is 2. The molecule has 0 saturated heterocycles. The van der Waals surface area contributed by atoms with Crippen LogP contribution in [0.2, 0.25) is 0 Å². The first kappa shape index (κ1) is 21.8. The number of ketones is 2. The van der Waals surface area contributed by atoms with Crippen molar-refractivity contribution in [2.24, 2.45) is 10.8 Å². The molecule has 1 aliphatic heterocycles. The minimum absolute atomic E-state index is 0.0837. The molecule has 1 N–H and O–H groups in total. The van der Waals surface area contributed by atoms with Crippen molar-refractivity contribution in [1.29, 1.82) is 0 Å². The summed E-state index contributed by atoms with van der Waals surface area (Å²) >= 11 is 7.28. The fourth-order valence-corrected chi connectivity index (χ4v) is 6.62. The molecule has 2 aliphatic carbocycles. The van der Waals surface area contributed by atoms with Crippen LogP contribution < -0.4 is 5.32 Å². The number of anilines is 1. The number of allylic oxidation sites excluding steroid dienone is 4. The highest BCUT2D eigenvalue weighted by molar-refractivity contribution is 9.11. The molecule has 0 unspecified atom stereocenters. The topological polar surface area (TPSA) is 55.4 Å². The van der Waals surface area contributed by atoms with Gasteiger partial charge in [-0.1, -0.05) is 27.7 Å². The highest BCUT2D eigenvalue weighted by atomic mass is 79.9. The monoisotopic (exact) mass is 535 g/mol. The summed E-state index contributed by atoms with van der Waals surface area (Å²) in [5.74, 6) is 1.28. The van der Waals surface area contributed by atoms with Crippen molar-refractivity contribution in [2.75, 3.05) is 12.4 Å². The molecule has 0 fully saturated rings. The number of hydrogen-bond acceptors (Lipinski definition) is 4. The maximum Gasteiger partial charge on any atom is 0.163 e. The molecule has 0 radical (unpaired) electrons. The van der Waals surface area contributed by atoms with Crippen molar-refractivity contribution < 1.29 is 14.3 Å². The number of ether oxygens (including phenoxy) is 1. The number of carbonyl (C=O) groups is 2. The predicted octanol–water partition coefficient (Wildman–Crippen LogP) is 6.65. The van der Waals surface area contributed by atoms with Crippen molar-refractivity contribution >= 4 is 49.1 Å². The highest BCUT2D eigenvalue weighted by Crippen LogP contribution is 2.54. The maximum absolute atomic E-state index is 13.3. The second kappa shape index (κ2) is 7.33. The van der Waals surface area contributed by atoms with E-state index in [-0.39, 0.29) is 28.3 Å². The van der Waals surface area contributed by atoms with Crippen LogP contribution in [0.4, 0.5) is 5.69 Å². The lowest BCUT2D eigenvalue weighted by Crippen LogP contribution is -2.37. The molecule has 4 nitrogen and oxygen atoms in total. The molecule has 4 rings (SSSR count). The molecule has 0 spiro atoms. The zero-order chi connectivity index (χ0) is 22.0. The van der Waals surface area contributed by atoms with E-state index in [1.54, 1.807) is 0 Å². The summed E-state index contributed by atoms with van der Waals surface area (Å²) in [5.41, 5.74) is 2.89. The lowest BCUT2D eigenvalue weighted by atomic mass is 9.65. The lowest BCUT2D eigenvalue weighted by molar-refractivity contribution is -0.120. The van der Waals surface area contributed by atoms with Crippen molar-refractivity contribution in [1.82, 2.24) is 0 Å². The Morgan fingerprint density at radius 2 is 1.30 bits per heavy atom. The van der Waals surface area contributed by atoms with Gasteiger partial charge in [-0.05, 0) is 60.4 Å². The molecule has 0 atom stereocenters. The van der Waals surface area contributed by atoms with Crippen LogP contribution in [0.25, 0.3) is 0 Å². The molecular formula is C24H27Br2NO3. The van der Waals surface area contributed by atoms with E-state index >= 15 is 0 Å². The van der Waals surface area contributed by atoms with Gasteiger partial charge in [-0.15, -0.1) is 0 Å². The molecule has 0 amide bonds. The minimum atomic E-state index is -0.380. The number of rotatable bonds is 2. The number of nitrogens with one attached hydrogen (secondary N) is 1. The molecule has 30 heavy (non-hydrogen) atoms. The van der Waals surface area contributed by atoms with Gasteiger partial charge in [0.05, 0.1) is 5.69 Å². The Morgan fingerprint density at radius 3 is 1.70 bits per heavy atom. The third kappa shape index (κ3) is 3.70. The molecule has 1 aromatic carbocycles. The van der Waals surface area contributed by atoms with Crippen LogP contribution in [0.15, 0.2) is 43.7 Å².